The fourth-order valence-electron chi connectivity index (χ4n) is 6.05. The topological polar surface area (TPSA) is 179 Å². The number of carboxylic acids is 1. The normalized spacial score (nSPS) is 18.4. The number of nitrogens with one attached hydrogen (secondary N) is 4. The number of sulfonamides is 1. The second kappa shape index (κ2) is 17.7. The Morgan fingerprint density at radius 3 is 2.63 bits per heavy atom. The molecule has 0 bridgehead atoms. The summed E-state index contributed by atoms with van der Waals surface area (Å²) in [5, 5.41) is 16.0. The van der Waals surface area contributed by atoms with E-state index < -0.39 is 40.1 Å². The van der Waals surface area contributed by atoms with Gasteiger partial charge in [-0.1, -0.05) is 48.0 Å². The smallest absolute Gasteiger partial charge is 0.326 e. The Morgan fingerprint density at radius 1 is 1.14 bits per heavy atom. The SMILES string of the molecule is CCOC(=O)C(CCc1ccc(CNS(=O)(=O)c2cc3c(cc2Cl)NC(CCc2ccccc2)NS3)cn1)N[C@@H](C)C(=O)N1CCC[C@H]1C(=O)O. The van der Waals surface area contributed by atoms with E-state index in [9.17, 15) is 27.9 Å². The molecule has 1 saturated heterocycles. The van der Waals surface area contributed by atoms with Crippen molar-refractivity contribution in [2.24, 2.45) is 0 Å². The maximum absolute atomic E-state index is 13.3. The van der Waals surface area contributed by atoms with E-state index in [1.54, 1.807) is 44.3 Å². The van der Waals surface area contributed by atoms with E-state index >= 15 is 0 Å². The van der Waals surface area contributed by atoms with Crippen LogP contribution >= 0.6 is 23.5 Å². The van der Waals surface area contributed by atoms with Gasteiger partial charge in [-0.05, 0) is 93.6 Å². The first kappa shape index (κ1) is 38.5. The molecule has 2 unspecified atom stereocenters. The number of amides is 1. The molecule has 4 atom stereocenters. The molecule has 5 N–H and O–H groups in total. The maximum atomic E-state index is 13.3. The molecule has 3 heterocycles. The molecule has 1 aromatic heterocycles. The molecule has 0 aliphatic carbocycles. The average Bonchev–Trinajstić information content (AvgIpc) is 3.62. The van der Waals surface area contributed by atoms with Crippen LogP contribution in [0.2, 0.25) is 5.02 Å². The van der Waals surface area contributed by atoms with Crippen molar-refractivity contribution in [2.75, 3.05) is 18.5 Å². The molecule has 2 aromatic carbocycles. The Morgan fingerprint density at radius 2 is 1.92 bits per heavy atom. The molecule has 2 aliphatic rings. The quantitative estimate of drug-likeness (QED) is 0.104. The van der Waals surface area contributed by atoms with Crippen LogP contribution in [0, 0.1) is 0 Å². The van der Waals surface area contributed by atoms with Crippen LogP contribution in [-0.2, 0) is 48.5 Å². The number of aliphatic carboxylic acids is 1. The second-order valence-corrected chi connectivity index (χ2v) is 15.5. The molecule has 0 saturated carbocycles. The molecule has 51 heavy (non-hydrogen) atoms. The van der Waals surface area contributed by atoms with Crippen molar-refractivity contribution < 1.29 is 32.6 Å². The number of benzene rings is 2. The summed E-state index contributed by atoms with van der Waals surface area (Å²) in [6, 6.07) is 14.4. The molecule has 2 aliphatic heterocycles. The van der Waals surface area contributed by atoms with Gasteiger partial charge in [-0.3, -0.25) is 19.9 Å². The first-order chi connectivity index (χ1) is 24.4. The molecular weight excluding hydrogens is 716 g/mol. The van der Waals surface area contributed by atoms with E-state index in [0.29, 0.717) is 37.1 Å². The van der Waals surface area contributed by atoms with Crippen LogP contribution in [0.1, 0.15) is 56.4 Å². The first-order valence-electron chi connectivity index (χ1n) is 16.9. The lowest BCUT2D eigenvalue weighted by Gasteiger charge is -2.28. The number of aromatic nitrogens is 1. The van der Waals surface area contributed by atoms with Crippen LogP contribution in [0.25, 0.3) is 0 Å². The minimum atomic E-state index is -3.96. The number of hydrogen-bond donors (Lipinski definition) is 5. The van der Waals surface area contributed by atoms with E-state index in [0.717, 1.165) is 23.4 Å². The van der Waals surface area contributed by atoms with Gasteiger partial charge in [0.1, 0.15) is 17.0 Å². The molecule has 13 nitrogen and oxygen atoms in total. The van der Waals surface area contributed by atoms with E-state index in [1.165, 1.54) is 22.4 Å². The highest BCUT2D eigenvalue weighted by atomic mass is 35.5. The lowest BCUT2D eigenvalue weighted by atomic mass is 10.1. The van der Waals surface area contributed by atoms with E-state index in [1.807, 2.05) is 18.2 Å². The van der Waals surface area contributed by atoms with Crippen molar-refractivity contribution in [3.8, 4) is 0 Å². The van der Waals surface area contributed by atoms with Crippen molar-refractivity contribution in [2.45, 2.75) is 93.0 Å². The summed E-state index contributed by atoms with van der Waals surface area (Å²) in [6.45, 7) is 3.79. The lowest BCUT2D eigenvalue weighted by Crippen LogP contribution is -2.53. The van der Waals surface area contributed by atoms with Gasteiger partial charge in [0.2, 0.25) is 15.9 Å². The van der Waals surface area contributed by atoms with Crippen molar-refractivity contribution in [3.63, 3.8) is 0 Å². The number of hydrogen-bond acceptors (Lipinski definition) is 11. The lowest BCUT2D eigenvalue weighted by molar-refractivity contribution is -0.150. The van der Waals surface area contributed by atoms with Crippen LogP contribution in [0.5, 0.6) is 0 Å². The van der Waals surface area contributed by atoms with E-state index in [-0.39, 0.29) is 41.6 Å². The number of nitrogens with zero attached hydrogens (tertiary/aromatic N) is 2. The second-order valence-electron chi connectivity index (χ2n) is 12.5. The largest absolute Gasteiger partial charge is 0.480 e. The number of pyridine rings is 1. The van der Waals surface area contributed by atoms with Crippen LogP contribution in [-0.4, -0.2) is 78.7 Å². The first-order valence-corrected chi connectivity index (χ1v) is 19.6. The number of fused-ring (bicyclic) bond motifs is 1. The molecule has 3 aromatic rings. The van der Waals surface area contributed by atoms with Gasteiger partial charge in [0.05, 0.1) is 29.5 Å². The third-order valence-corrected chi connectivity index (χ3v) is 11.6. The predicted molar refractivity (Wildman–Crippen MR) is 195 cm³/mol. The molecule has 5 rings (SSSR count). The molecule has 274 valence electrons. The zero-order valence-electron chi connectivity index (χ0n) is 28.4. The molecule has 1 fully saturated rings. The number of anilines is 1. The van der Waals surface area contributed by atoms with Crippen molar-refractivity contribution in [1.82, 2.24) is 24.6 Å². The fourth-order valence-corrected chi connectivity index (χ4v) is 8.55. The Balaban J connectivity index is 1.14. The Kier molecular flexibility index (Phi) is 13.3. The summed E-state index contributed by atoms with van der Waals surface area (Å²) in [7, 11) is -3.96. The number of carboxylic acid groups (broad SMARTS) is 1. The van der Waals surface area contributed by atoms with E-state index in [2.05, 4.69) is 37.2 Å². The van der Waals surface area contributed by atoms with Gasteiger partial charge in [0.25, 0.3) is 0 Å². The van der Waals surface area contributed by atoms with Crippen LogP contribution in [0.15, 0.2) is 70.6 Å². The van der Waals surface area contributed by atoms with Crippen LogP contribution in [0.3, 0.4) is 0 Å². The number of esters is 1. The summed E-state index contributed by atoms with van der Waals surface area (Å²) in [5.74, 6) is -1.95. The van der Waals surface area contributed by atoms with Gasteiger partial charge in [0, 0.05) is 29.9 Å². The maximum Gasteiger partial charge on any atom is 0.326 e. The highest BCUT2D eigenvalue weighted by Crippen LogP contribution is 2.37. The van der Waals surface area contributed by atoms with Crippen molar-refractivity contribution in [3.05, 3.63) is 82.6 Å². The number of aryl methyl sites for hydroxylation is 2. The van der Waals surface area contributed by atoms with Gasteiger partial charge in [-0.15, -0.1) is 0 Å². The third kappa shape index (κ3) is 10.2. The average molecular weight is 759 g/mol. The third-order valence-electron chi connectivity index (χ3n) is 8.78. The van der Waals surface area contributed by atoms with Crippen molar-refractivity contribution >= 4 is 57.1 Å². The zero-order valence-corrected chi connectivity index (χ0v) is 30.8. The van der Waals surface area contributed by atoms with Gasteiger partial charge < -0.3 is 20.1 Å². The summed E-state index contributed by atoms with van der Waals surface area (Å²) < 4.78 is 37.8. The zero-order chi connectivity index (χ0) is 36.5. The number of ether oxygens (including phenoxy) is 1. The molecule has 16 heteroatoms. The summed E-state index contributed by atoms with van der Waals surface area (Å²) in [6.07, 6.45) is 4.89. The predicted octanol–water partition coefficient (Wildman–Crippen LogP) is 4.11. The number of likely N-dealkylation sites (tertiary alicyclic amines) is 1. The summed E-state index contributed by atoms with van der Waals surface area (Å²) >= 11 is 7.85. The van der Waals surface area contributed by atoms with Crippen LogP contribution in [0.4, 0.5) is 5.69 Å². The number of carbonyl (C=O) groups is 3. The molecular formula is C35H43ClN6O7S2. The van der Waals surface area contributed by atoms with E-state index in [4.69, 9.17) is 16.3 Å². The number of halogens is 1. The molecule has 1 amide bonds. The molecule has 0 spiro atoms. The number of carbonyl (C=O) groups excluding carboxylic acids is 2. The fraction of sp³-hybridized carbons (Fsp3) is 0.429. The van der Waals surface area contributed by atoms with Crippen LogP contribution < -0.4 is 20.1 Å². The summed E-state index contributed by atoms with van der Waals surface area (Å²) in [4.78, 5) is 43.8. The minimum Gasteiger partial charge on any atom is -0.480 e. The van der Waals surface area contributed by atoms with Gasteiger partial charge in [0.15, 0.2) is 0 Å². The standard InChI is InChI=1S/C35H43ClN6O7S2/c1-3-49-35(46)27(39-22(2)33(43)42-17-7-10-29(42)34(44)45)15-14-25-13-11-24(20-37-25)21-38-51(47,48)31-19-30-28(18-26(31)36)40-32(41-50-30)16-12-23-8-5-4-6-9-23/h4-6,8-9,11,13,18-20,22,27,29,32,38-41H,3,7,10,12,14-17,21H2,1-2H3,(H,44,45)/t22-,27?,29-,32?/m0/s1. The van der Waals surface area contributed by atoms with Gasteiger partial charge in [-0.2, -0.15) is 0 Å². The Bertz CT molecular complexity index is 1800. The highest BCUT2D eigenvalue weighted by molar-refractivity contribution is 7.97. The van der Waals surface area contributed by atoms with Gasteiger partial charge in [-0.25, -0.2) is 22.7 Å². The molecule has 0 radical (unpaired) electrons. The number of rotatable bonds is 16. The Hall–Kier alpha value is -3.73. The monoisotopic (exact) mass is 758 g/mol. The Labute approximate surface area is 307 Å². The van der Waals surface area contributed by atoms with Gasteiger partial charge >= 0.3 is 11.9 Å². The minimum absolute atomic E-state index is 0.0109. The summed E-state index contributed by atoms with van der Waals surface area (Å²) in [5.41, 5.74) is 3.27. The highest BCUT2D eigenvalue weighted by Gasteiger charge is 2.37. The van der Waals surface area contributed by atoms with Crippen molar-refractivity contribution in [1.29, 1.82) is 0 Å².